The zero-order valence-corrected chi connectivity index (χ0v) is 23.3. The number of carbonyl (C=O) groups excluding carboxylic acids is 1. The lowest BCUT2D eigenvalue weighted by Crippen LogP contribution is -2.96. The molecule has 0 aliphatic rings. The number of carbonyl (C=O) groups is 1. The van der Waals surface area contributed by atoms with Crippen molar-refractivity contribution in [3.63, 3.8) is 0 Å². The zero-order valence-electron chi connectivity index (χ0n) is 23.3. The number of benzene rings is 1. The molecule has 2 N–H and O–H groups in total. The Balaban J connectivity index is 2.41. The first-order valence-corrected chi connectivity index (χ1v) is 15.3. The summed E-state index contributed by atoms with van der Waals surface area (Å²) in [7, 11) is 0. The molecule has 0 saturated heterocycles. The molecule has 0 atom stereocenters. The molecule has 0 aliphatic heterocycles. The van der Waals surface area contributed by atoms with Gasteiger partial charge in [0.15, 0.2) is 0 Å². The van der Waals surface area contributed by atoms with Crippen LogP contribution in [0.2, 0.25) is 0 Å². The van der Waals surface area contributed by atoms with Gasteiger partial charge in [-0.3, -0.25) is 0 Å². The fraction of sp³-hybridized carbons (Fsp3) is 0.781. The quantitative estimate of drug-likeness (QED) is 0.112. The van der Waals surface area contributed by atoms with Gasteiger partial charge >= 0.3 is 0 Å². The molecule has 3 nitrogen and oxygen atoms in total. The molecule has 3 heteroatoms. The van der Waals surface area contributed by atoms with E-state index in [9.17, 15) is 9.90 Å². The fourth-order valence-electron chi connectivity index (χ4n) is 5.26. The summed E-state index contributed by atoms with van der Waals surface area (Å²) in [6, 6.07) is 10.0. The molecule has 35 heavy (non-hydrogen) atoms. The summed E-state index contributed by atoms with van der Waals surface area (Å²) in [6.45, 7) is 4.52. The minimum Gasteiger partial charge on any atom is -0.544 e. The standard InChI is InChI=1S/C32H57NO2/c1-3-5-7-9-11-13-15-17-19-24-28-32(31(34)35,33-30-26-22-21-23-27-30)29-25-20-18-16-14-12-10-8-6-4-2/h21-23,26-27,33H,3-20,24-25,28-29H2,1-2H3,(H,34,35). The van der Waals surface area contributed by atoms with Crippen molar-refractivity contribution in [1.82, 2.24) is 0 Å². The Kier molecular flexibility index (Phi) is 19.8. The minimum atomic E-state index is -0.881. The third-order valence-electron chi connectivity index (χ3n) is 7.60. The fourth-order valence-corrected chi connectivity index (χ4v) is 5.26. The average Bonchev–Trinajstić information content (AvgIpc) is 2.86. The van der Waals surface area contributed by atoms with E-state index >= 15 is 0 Å². The lowest BCUT2D eigenvalue weighted by Gasteiger charge is -2.32. The molecule has 0 bridgehead atoms. The molecule has 0 aromatic heterocycles. The van der Waals surface area contributed by atoms with E-state index in [2.05, 4.69) is 13.8 Å². The Morgan fingerprint density at radius 3 is 1.29 bits per heavy atom. The Bertz CT molecular complexity index is 577. The summed E-state index contributed by atoms with van der Waals surface area (Å²) >= 11 is 0. The van der Waals surface area contributed by atoms with E-state index < -0.39 is 11.5 Å². The van der Waals surface area contributed by atoms with Crippen LogP contribution in [0.25, 0.3) is 0 Å². The minimum absolute atomic E-state index is 0.707. The molecule has 1 rings (SSSR count). The van der Waals surface area contributed by atoms with E-state index in [1.54, 1.807) is 0 Å². The lowest BCUT2D eigenvalue weighted by atomic mass is 9.85. The van der Waals surface area contributed by atoms with E-state index in [0.29, 0.717) is 12.8 Å². The monoisotopic (exact) mass is 487 g/mol. The van der Waals surface area contributed by atoms with Gasteiger partial charge in [-0.15, -0.1) is 0 Å². The number of carboxylic acids is 1. The van der Waals surface area contributed by atoms with Crippen LogP contribution < -0.4 is 10.4 Å². The summed E-state index contributed by atoms with van der Waals surface area (Å²) in [5.41, 5.74) is 0.178. The van der Waals surface area contributed by atoms with Crippen LogP contribution in [0.1, 0.15) is 155 Å². The van der Waals surface area contributed by atoms with Crippen LogP contribution in [0, 0.1) is 0 Å². The van der Waals surface area contributed by atoms with Gasteiger partial charge in [0.1, 0.15) is 17.2 Å². The Hall–Kier alpha value is -1.35. The molecule has 1 aromatic rings. The second-order valence-electron chi connectivity index (χ2n) is 10.9. The summed E-state index contributed by atoms with van der Waals surface area (Å²) in [5, 5.41) is 14.5. The number of rotatable bonds is 25. The summed E-state index contributed by atoms with van der Waals surface area (Å²) < 4.78 is 0. The molecule has 0 spiro atoms. The zero-order chi connectivity index (χ0) is 25.5. The topological polar surface area (TPSA) is 56.7 Å². The molecular formula is C32H57NO2. The van der Waals surface area contributed by atoms with Crippen LogP contribution in [0.5, 0.6) is 0 Å². The molecule has 0 unspecified atom stereocenters. The third-order valence-corrected chi connectivity index (χ3v) is 7.60. The maximum Gasteiger partial charge on any atom is 0.141 e. The van der Waals surface area contributed by atoms with Gasteiger partial charge in [-0.2, -0.15) is 0 Å². The lowest BCUT2D eigenvalue weighted by molar-refractivity contribution is -0.651. The number of aliphatic carboxylic acids is 1. The van der Waals surface area contributed by atoms with Crippen molar-refractivity contribution in [1.29, 1.82) is 0 Å². The Morgan fingerprint density at radius 1 is 0.600 bits per heavy atom. The normalized spacial score (nSPS) is 11.7. The van der Waals surface area contributed by atoms with Crippen LogP contribution in [-0.2, 0) is 4.79 Å². The van der Waals surface area contributed by atoms with Crippen LogP contribution in [0.4, 0.5) is 5.69 Å². The van der Waals surface area contributed by atoms with Crippen LogP contribution in [-0.4, -0.2) is 11.5 Å². The van der Waals surface area contributed by atoms with Gasteiger partial charge in [-0.25, -0.2) is 0 Å². The van der Waals surface area contributed by atoms with Crippen molar-refractivity contribution in [2.24, 2.45) is 0 Å². The molecule has 202 valence electrons. The molecule has 0 aliphatic carbocycles. The number of hydrogen-bond acceptors (Lipinski definition) is 2. The number of quaternary nitrogens is 1. The second kappa shape index (κ2) is 21.9. The van der Waals surface area contributed by atoms with E-state index in [1.165, 1.54) is 103 Å². The highest BCUT2D eigenvalue weighted by atomic mass is 16.4. The van der Waals surface area contributed by atoms with Gasteiger partial charge in [0.05, 0.1) is 0 Å². The van der Waals surface area contributed by atoms with E-state index in [4.69, 9.17) is 0 Å². The van der Waals surface area contributed by atoms with E-state index in [-0.39, 0.29) is 0 Å². The first-order valence-electron chi connectivity index (χ1n) is 15.3. The van der Waals surface area contributed by atoms with Crippen molar-refractivity contribution in [2.75, 3.05) is 0 Å². The first kappa shape index (κ1) is 31.7. The van der Waals surface area contributed by atoms with Crippen LogP contribution in [0.15, 0.2) is 30.3 Å². The van der Waals surface area contributed by atoms with E-state index in [1.807, 2.05) is 35.6 Å². The molecule has 0 fully saturated rings. The number of nitrogens with two attached hydrogens (primary N) is 1. The van der Waals surface area contributed by atoms with Gasteiger partial charge in [-0.05, 0) is 25.0 Å². The number of carboxylic acid groups (broad SMARTS) is 1. The predicted molar refractivity (Wildman–Crippen MR) is 149 cm³/mol. The maximum atomic E-state index is 12.5. The van der Waals surface area contributed by atoms with Crippen LogP contribution >= 0.6 is 0 Å². The number of para-hydroxylation sites is 1. The van der Waals surface area contributed by atoms with Gasteiger partial charge < -0.3 is 15.2 Å². The van der Waals surface area contributed by atoms with Crippen molar-refractivity contribution in [3.8, 4) is 0 Å². The predicted octanol–water partition coefficient (Wildman–Crippen LogP) is 7.99. The molecule has 0 saturated carbocycles. The smallest absolute Gasteiger partial charge is 0.141 e. The maximum absolute atomic E-state index is 12.5. The SMILES string of the molecule is CCCCCCCCCCCCC(CCCCCCCCCCCC)([NH2+]c1ccccc1)C(=O)[O-]. The van der Waals surface area contributed by atoms with Gasteiger partial charge in [0, 0.05) is 12.8 Å². The molecule has 1 aromatic carbocycles. The Morgan fingerprint density at radius 2 is 0.943 bits per heavy atom. The third kappa shape index (κ3) is 16.1. The van der Waals surface area contributed by atoms with Crippen molar-refractivity contribution in [3.05, 3.63) is 30.3 Å². The Labute approximate surface area is 217 Å². The summed E-state index contributed by atoms with van der Waals surface area (Å²) in [4.78, 5) is 12.5. The van der Waals surface area contributed by atoms with Crippen molar-refractivity contribution >= 4 is 11.7 Å². The van der Waals surface area contributed by atoms with Gasteiger partial charge in [0.2, 0.25) is 0 Å². The highest BCUT2D eigenvalue weighted by Gasteiger charge is 2.35. The van der Waals surface area contributed by atoms with Crippen LogP contribution in [0.3, 0.4) is 0 Å². The molecule has 0 amide bonds. The number of unbranched alkanes of at least 4 members (excludes halogenated alkanes) is 18. The van der Waals surface area contributed by atoms with Crippen molar-refractivity contribution < 1.29 is 15.2 Å². The molecule has 0 radical (unpaired) electrons. The largest absolute Gasteiger partial charge is 0.544 e. The van der Waals surface area contributed by atoms with Gasteiger partial charge in [-0.1, -0.05) is 148 Å². The summed E-state index contributed by atoms with van der Waals surface area (Å²) in [5.74, 6) is -0.881. The highest BCUT2D eigenvalue weighted by molar-refractivity contribution is 5.74. The highest BCUT2D eigenvalue weighted by Crippen LogP contribution is 2.22. The molecule has 0 heterocycles. The average molecular weight is 488 g/mol. The second-order valence-corrected chi connectivity index (χ2v) is 10.9. The van der Waals surface area contributed by atoms with Gasteiger partial charge in [0.25, 0.3) is 0 Å². The summed E-state index contributed by atoms with van der Waals surface area (Å²) in [6.07, 6.45) is 26.8. The number of hydrogen-bond donors (Lipinski definition) is 1. The van der Waals surface area contributed by atoms with E-state index in [0.717, 1.165) is 31.4 Å². The van der Waals surface area contributed by atoms with Crippen molar-refractivity contribution in [2.45, 2.75) is 161 Å². The molecular weight excluding hydrogens is 430 g/mol. The first-order chi connectivity index (χ1) is 17.1.